The number of nitrogens with zero attached hydrogens (tertiary/aromatic N) is 1. The number of nitrogens with one attached hydrogen (secondary N) is 1. The van der Waals surface area contributed by atoms with Crippen molar-refractivity contribution in [1.29, 1.82) is 0 Å². The van der Waals surface area contributed by atoms with Gasteiger partial charge in [-0.1, -0.05) is 24.6 Å². The van der Waals surface area contributed by atoms with Gasteiger partial charge in [0.2, 0.25) is 0 Å². The van der Waals surface area contributed by atoms with Gasteiger partial charge >= 0.3 is 0 Å². The minimum absolute atomic E-state index is 0.314. The summed E-state index contributed by atoms with van der Waals surface area (Å²) in [6.07, 6.45) is 4.17. The molecule has 0 radical (unpaired) electrons. The van der Waals surface area contributed by atoms with Crippen LogP contribution < -0.4 is 10.1 Å². The summed E-state index contributed by atoms with van der Waals surface area (Å²) in [5.41, 5.74) is 1.35. The molecule has 1 atom stereocenters. The van der Waals surface area contributed by atoms with Gasteiger partial charge in [-0.05, 0) is 30.7 Å². The highest BCUT2D eigenvalue weighted by molar-refractivity contribution is 6.31. The van der Waals surface area contributed by atoms with E-state index < -0.39 is 0 Å². The monoisotopic (exact) mass is 308 g/mol. The summed E-state index contributed by atoms with van der Waals surface area (Å²) in [4.78, 5) is 3.98. The first-order chi connectivity index (χ1) is 10.2. The Morgan fingerprint density at radius 2 is 2.14 bits per heavy atom. The molecule has 0 aliphatic rings. The van der Waals surface area contributed by atoms with Crippen molar-refractivity contribution >= 4 is 11.6 Å². The fourth-order valence-corrected chi connectivity index (χ4v) is 2.39. The maximum absolute atomic E-state index is 14.4. The summed E-state index contributed by atoms with van der Waals surface area (Å²) in [6.45, 7) is 2.82. The lowest BCUT2D eigenvalue weighted by atomic mass is 9.98. The lowest BCUT2D eigenvalue weighted by molar-refractivity contribution is 0.410. The van der Waals surface area contributed by atoms with Crippen LogP contribution in [0.5, 0.6) is 5.75 Å². The van der Waals surface area contributed by atoms with E-state index in [0.29, 0.717) is 16.3 Å². The molecule has 0 spiro atoms. The number of aromatic nitrogens is 1. The molecule has 0 fully saturated rings. The lowest BCUT2D eigenvalue weighted by Crippen LogP contribution is -2.24. The van der Waals surface area contributed by atoms with Crippen molar-refractivity contribution in [2.75, 3.05) is 13.7 Å². The van der Waals surface area contributed by atoms with Gasteiger partial charge in [0.15, 0.2) is 0 Å². The minimum atomic E-state index is -0.323. The van der Waals surface area contributed by atoms with Gasteiger partial charge in [0.1, 0.15) is 11.6 Å². The Bertz CT molecular complexity index is 607. The van der Waals surface area contributed by atoms with E-state index in [4.69, 9.17) is 16.3 Å². The van der Waals surface area contributed by atoms with Crippen LogP contribution in [0, 0.1) is 5.82 Å². The largest absolute Gasteiger partial charge is 0.497 e. The second kappa shape index (κ2) is 7.38. The molecule has 1 unspecified atom stereocenters. The summed E-state index contributed by atoms with van der Waals surface area (Å²) >= 11 is 6.21. The fourth-order valence-electron chi connectivity index (χ4n) is 2.17. The normalized spacial score (nSPS) is 12.2. The smallest absolute Gasteiger partial charge is 0.132 e. The molecule has 0 bridgehead atoms. The quantitative estimate of drug-likeness (QED) is 0.876. The molecule has 1 aromatic heterocycles. The van der Waals surface area contributed by atoms with Crippen LogP contribution in [0.3, 0.4) is 0 Å². The molecule has 1 heterocycles. The maximum atomic E-state index is 14.4. The molecule has 1 N–H and O–H groups in total. The predicted octanol–water partition coefficient (Wildman–Crippen LogP) is 3.97. The summed E-state index contributed by atoms with van der Waals surface area (Å²) in [6, 6.07) is 6.34. The van der Waals surface area contributed by atoms with Crippen molar-refractivity contribution in [3.8, 4) is 5.75 Å². The van der Waals surface area contributed by atoms with Crippen LogP contribution >= 0.6 is 11.6 Å². The number of ether oxygens (including phenoxy) is 1. The summed E-state index contributed by atoms with van der Waals surface area (Å²) < 4.78 is 19.4. The Labute approximate surface area is 129 Å². The van der Waals surface area contributed by atoms with Crippen LogP contribution in [-0.4, -0.2) is 18.6 Å². The first kappa shape index (κ1) is 15.7. The standard InChI is InChI=1S/C16H18ClFN2O/c1-3-7-20-16(12-6-8-19-10-14(12)17)13-5-4-11(21-2)9-15(13)18/h4-6,8-10,16,20H,3,7H2,1-2H3. The summed E-state index contributed by atoms with van der Waals surface area (Å²) in [5, 5.41) is 3.84. The molecule has 0 aliphatic carbocycles. The van der Waals surface area contributed by atoms with Crippen molar-refractivity contribution in [2.45, 2.75) is 19.4 Å². The number of hydrogen-bond donors (Lipinski definition) is 1. The fraction of sp³-hybridized carbons (Fsp3) is 0.312. The first-order valence-electron chi connectivity index (χ1n) is 6.83. The third-order valence-electron chi connectivity index (χ3n) is 3.23. The van der Waals surface area contributed by atoms with Gasteiger partial charge in [-0.3, -0.25) is 4.98 Å². The molecule has 2 aromatic rings. The van der Waals surface area contributed by atoms with Crippen LogP contribution in [0.25, 0.3) is 0 Å². The minimum Gasteiger partial charge on any atom is -0.497 e. The highest BCUT2D eigenvalue weighted by Gasteiger charge is 2.20. The number of halogens is 2. The van der Waals surface area contributed by atoms with E-state index in [0.717, 1.165) is 18.5 Å². The van der Waals surface area contributed by atoms with Gasteiger partial charge in [-0.15, -0.1) is 0 Å². The molecule has 21 heavy (non-hydrogen) atoms. The Morgan fingerprint density at radius 3 is 2.76 bits per heavy atom. The topological polar surface area (TPSA) is 34.1 Å². The second-order valence-electron chi connectivity index (χ2n) is 4.67. The zero-order valence-electron chi connectivity index (χ0n) is 12.1. The Morgan fingerprint density at radius 1 is 1.33 bits per heavy atom. The van der Waals surface area contributed by atoms with E-state index in [1.165, 1.54) is 13.2 Å². The lowest BCUT2D eigenvalue weighted by Gasteiger charge is -2.21. The van der Waals surface area contributed by atoms with E-state index in [2.05, 4.69) is 17.2 Å². The maximum Gasteiger partial charge on any atom is 0.132 e. The Balaban J connectivity index is 2.43. The zero-order valence-corrected chi connectivity index (χ0v) is 12.8. The zero-order chi connectivity index (χ0) is 15.2. The average molecular weight is 309 g/mol. The van der Waals surface area contributed by atoms with E-state index in [1.807, 2.05) is 0 Å². The van der Waals surface area contributed by atoms with Gasteiger partial charge in [-0.25, -0.2) is 4.39 Å². The molecule has 1 aromatic carbocycles. The molecule has 5 heteroatoms. The highest BCUT2D eigenvalue weighted by Crippen LogP contribution is 2.30. The van der Waals surface area contributed by atoms with Crippen LogP contribution in [0.4, 0.5) is 4.39 Å². The molecule has 0 saturated carbocycles. The number of rotatable bonds is 6. The summed E-state index contributed by atoms with van der Waals surface area (Å²) in [5.74, 6) is 0.169. The molecule has 0 saturated heterocycles. The van der Waals surface area contributed by atoms with Crippen molar-refractivity contribution in [3.05, 3.63) is 58.6 Å². The molecule has 112 valence electrons. The third kappa shape index (κ3) is 3.71. The Hall–Kier alpha value is -1.65. The number of benzene rings is 1. The van der Waals surface area contributed by atoms with E-state index in [-0.39, 0.29) is 11.9 Å². The predicted molar refractivity (Wildman–Crippen MR) is 82.3 cm³/mol. The molecular weight excluding hydrogens is 291 g/mol. The van der Waals surface area contributed by atoms with Crippen molar-refractivity contribution in [2.24, 2.45) is 0 Å². The van der Waals surface area contributed by atoms with Crippen molar-refractivity contribution in [1.82, 2.24) is 10.3 Å². The van der Waals surface area contributed by atoms with E-state index in [9.17, 15) is 4.39 Å². The van der Waals surface area contributed by atoms with Crippen LogP contribution in [-0.2, 0) is 0 Å². The number of hydrogen-bond acceptors (Lipinski definition) is 3. The van der Waals surface area contributed by atoms with Gasteiger partial charge in [0.05, 0.1) is 18.2 Å². The first-order valence-corrected chi connectivity index (χ1v) is 7.21. The Kier molecular flexibility index (Phi) is 5.53. The molecular formula is C16H18ClFN2O. The molecule has 0 amide bonds. The molecule has 2 rings (SSSR count). The van der Waals surface area contributed by atoms with E-state index >= 15 is 0 Å². The molecule has 0 aliphatic heterocycles. The van der Waals surface area contributed by atoms with Gasteiger partial charge < -0.3 is 10.1 Å². The molecule has 3 nitrogen and oxygen atoms in total. The highest BCUT2D eigenvalue weighted by atomic mass is 35.5. The SMILES string of the molecule is CCCNC(c1ccc(OC)cc1F)c1ccncc1Cl. The van der Waals surface area contributed by atoms with Gasteiger partial charge in [-0.2, -0.15) is 0 Å². The second-order valence-corrected chi connectivity index (χ2v) is 5.08. The van der Waals surface area contributed by atoms with E-state index in [1.54, 1.807) is 30.6 Å². The van der Waals surface area contributed by atoms with Crippen LogP contribution in [0.2, 0.25) is 5.02 Å². The third-order valence-corrected chi connectivity index (χ3v) is 3.55. The van der Waals surface area contributed by atoms with Crippen LogP contribution in [0.15, 0.2) is 36.7 Å². The number of methoxy groups -OCH3 is 1. The van der Waals surface area contributed by atoms with Gasteiger partial charge in [0.25, 0.3) is 0 Å². The van der Waals surface area contributed by atoms with Gasteiger partial charge in [0, 0.05) is 24.0 Å². The number of pyridine rings is 1. The van der Waals surface area contributed by atoms with Crippen LogP contribution in [0.1, 0.15) is 30.5 Å². The van der Waals surface area contributed by atoms with Crippen molar-refractivity contribution < 1.29 is 9.13 Å². The van der Waals surface area contributed by atoms with Crippen molar-refractivity contribution in [3.63, 3.8) is 0 Å². The summed E-state index contributed by atoms with van der Waals surface area (Å²) in [7, 11) is 1.51. The average Bonchev–Trinajstić information content (AvgIpc) is 2.50.